The standard InChI is InChI=1S/C15H18N4/c1-10-5-7-11(8-6-10)14-17-16-13-9-12(15(2,3)4)18-19(13)14/h5-9,18H,1-4H3. The van der Waals surface area contributed by atoms with Crippen LogP contribution in [0.5, 0.6) is 0 Å². The molecule has 0 radical (unpaired) electrons. The van der Waals surface area contributed by atoms with Gasteiger partial charge in [0.1, 0.15) is 0 Å². The monoisotopic (exact) mass is 254 g/mol. The van der Waals surface area contributed by atoms with E-state index in [9.17, 15) is 0 Å². The van der Waals surface area contributed by atoms with Crippen LogP contribution in [0.2, 0.25) is 0 Å². The summed E-state index contributed by atoms with van der Waals surface area (Å²) in [6, 6.07) is 10.4. The van der Waals surface area contributed by atoms with Crippen LogP contribution in [-0.2, 0) is 5.41 Å². The number of aryl methyl sites for hydroxylation is 1. The van der Waals surface area contributed by atoms with Gasteiger partial charge in [0.25, 0.3) is 0 Å². The predicted octanol–water partition coefficient (Wildman–Crippen LogP) is 3.33. The molecular weight excluding hydrogens is 236 g/mol. The van der Waals surface area contributed by atoms with E-state index < -0.39 is 0 Å². The quantitative estimate of drug-likeness (QED) is 0.724. The Morgan fingerprint density at radius 1 is 1.05 bits per heavy atom. The minimum atomic E-state index is 0.0746. The van der Waals surface area contributed by atoms with E-state index in [1.807, 2.05) is 4.52 Å². The largest absolute Gasteiger partial charge is 0.294 e. The molecule has 0 fully saturated rings. The van der Waals surface area contributed by atoms with Gasteiger partial charge in [0.05, 0.1) is 0 Å². The van der Waals surface area contributed by atoms with Gasteiger partial charge in [-0.15, -0.1) is 10.2 Å². The summed E-state index contributed by atoms with van der Waals surface area (Å²) in [7, 11) is 0. The van der Waals surface area contributed by atoms with Crippen LogP contribution in [0.3, 0.4) is 0 Å². The molecule has 98 valence electrons. The third kappa shape index (κ3) is 2.03. The van der Waals surface area contributed by atoms with Crippen LogP contribution in [0.25, 0.3) is 17.0 Å². The molecule has 0 bridgehead atoms. The van der Waals surface area contributed by atoms with Crippen LogP contribution < -0.4 is 0 Å². The summed E-state index contributed by atoms with van der Waals surface area (Å²) in [5.41, 5.74) is 4.41. The Hall–Kier alpha value is -2.10. The Labute approximate surface area is 112 Å². The van der Waals surface area contributed by atoms with Gasteiger partial charge >= 0.3 is 0 Å². The molecule has 2 aromatic heterocycles. The van der Waals surface area contributed by atoms with Crippen molar-refractivity contribution in [3.05, 3.63) is 41.6 Å². The smallest absolute Gasteiger partial charge is 0.183 e. The van der Waals surface area contributed by atoms with E-state index in [-0.39, 0.29) is 5.41 Å². The summed E-state index contributed by atoms with van der Waals surface area (Å²) < 4.78 is 1.95. The first kappa shape index (κ1) is 12.0. The van der Waals surface area contributed by atoms with Crippen LogP contribution in [0, 0.1) is 6.92 Å². The first-order valence-corrected chi connectivity index (χ1v) is 6.47. The number of fused-ring (bicyclic) bond motifs is 1. The summed E-state index contributed by atoms with van der Waals surface area (Å²) in [4.78, 5) is 0. The van der Waals surface area contributed by atoms with Crippen LogP contribution in [0.4, 0.5) is 0 Å². The lowest BCUT2D eigenvalue weighted by Gasteiger charge is -2.15. The SMILES string of the molecule is Cc1ccc(-c2nnc3cc(C(C)(C)C)[nH]n23)cc1. The fraction of sp³-hybridized carbons (Fsp3) is 0.333. The lowest BCUT2D eigenvalue weighted by molar-refractivity contribution is 0.563. The predicted molar refractivity (Wildman–Crippen MR) is 76.2 cm³/mol. The highest BCUT2D eigenvalue weighted by molar-refractivity contribution is 5.59. The third-order valence-electron chi connectivity index (χ3n) is 3.31. The molecule has 0 amide bonds. The number of hydrogen-bond donors (Lipinski definition) is 1. The van der Waals surface area contributed by atoms with Crippen molar-refractivity contribution in [2.45, 2.75) is 33.1 Å². The van der Waals surface area contributed by atoms with Crippen molar-refractivity contribution in [1.82, 2.24) is 19.8 Å². The Morgan fingerprint density at radius 3 is 2.37 bits per heavy atom. The molecule has 0 aliphatic heterocycles. The van der Waals surface area contributed by atoms with E-state index in [4.69, 9.17) is 0 Å². The summed E-state index contributed by atoms with van der Waals surface area (Å²) in [6.07, 6.45) is 0. The topological polar surface area (TPSA) is 46.0 Å². The Bertz CT molecular complexity index is 711. The maximum atomic E-state index is 4.26. The molecule has 0 aliphatic rings. The van der Waals surface area contributed by atoms with E-state index in [0.717, 1.165) is 22.7 Å². The van der Waals surface area contributed by atoms with Crippen molar-refractivity contribution in [3.63, 3.8) is 0 Å². The molecule has 1 N–H and O–H groups in total. The van der Waals surface area contributed by atoms with Gasteiger partial charge < -0.3 is 0 Å². The molecule has 19 heavy (non-hydrogen) atoms. The van der Waals surface area contributed by atoms with E-state index in [0.29, 0.717) is 0 Å². The molecule has 4 nitrogen and oxygen atoms in total. The molecular formula is C15H18N4. The molecule has 0 saturated heterocycles. The number of rotatable bonds is 1. The van der Waals surface area contributed by atoms with Crippen LogP contribution in [0.15, 0.2) is 30.3 Å². The summed E-state index contributed by atoms with van der Waals surface area (Å²) >= 11 is 0. The molecule has 3 aromatic rings. The Kier molecular flexibility index (Phi) is 2.49. The third-order valence-corrected chi connectivity index (χ3v) is 3.31. The van der Waals surface area contributed by atoms with E-state index >= 15 is 0 Å². The van der Waals surface area contributed by atoms with Crippen molar-refractivity contribution in [1.29, 1.82) is 0 Å². The zero-order chi connectivity index (χ0) is 13.6. The molecule has 4 heteroatoms. The van der Waals surface area contributed by atoms with Gasteiger partial charge in [-0.2, -0.15) is 0 Å². The summed E-state index contributed by atoms with van der Waals surface area (Å²) in [5.74, 6) is 0.852. The average molecular weight is 254 g/mol. The number of H-pyrrole nitrogens is 1. The highest BCUT2D eigenvalue weighted by Crippen LogP contribution is 2.24. The molecule has 3 rings (SSSR count). The lowest BCUT2D eigenvalue weighted by Crippen LogP contribution is -2.12. The first-order valence-electron chi connectivity index (χ1n) is 6.47. The fourth-order valence-electron chi connectivity index (χ4n) is 2.06. The van der Waals surface area contributed by atoms with Gasteiger partial charge in [-0.25, -0.2) is 4.52 Å². The molecule has 0 aliphatic carbocycles. The van der Waals surface area contributed by atoms with Gasteiger partial charge in [-0.3, -0.25) is 5.10 Å². The second-order valence-electron chi connectivity index (χ2n) is 6.00. The number of nitrogens with zero attached hydrogens (tertiary/aromatic N) is 3. The number of aromatic amines is 1. The maximum absolute atomic E-state index is 4.26. The fourth-order valence-corrected chi connectivity index (χ4v) is 2.06. The number of nitrogens with one attached hydrogen (secondary N) is 1. The molecule has 2 heterocycles. The number of benzene rings is 1. The average Bonchev–Trinajstić information content (AvgIpc) is 2.89. The summed E-state index contributed by atoms with van der Waals surface area (Å²) in [5, 5.41) is 11.9. The minimum Gasteiger partial charge on any atom is -0.294 e. The van der Waals surface area contributed by atoms with Crippen molar-refractivity contribution < 1.29 is 0 Å². The van der Waals surface area contributed by atoms with Gasteiger partial charge in [0, 0.05) is 22.7 Å². The van der Waals surface area contributed by atoms with E-state index in [1.54, 1.807) is 0 Å². The lowest BCUT2D eigenvalue weighted by atomic mass is 9.93. The minimum absolute atomic E-state index is 0.0746. The molecule has 0 unspecified atom stereocenters. The second kappa shape index (κ2) is 3.95. The molecule has 0 atom stereocenters. The van der Waals surface area contributed by atoms with Crippen LogP contribution in [-0.4, -0.2) is 19.8 Å². The van der Waals surface area contributed by atoms with Gasteiger partial charge in [-0.1, -0.05) is 50.6 Å². The van der Waals surface area contributed by atoms with Gasteiger partial charge in [-0.05, 0) is 6.92 Å². The summed E-state index contributed by atoms with van der Waals surface area (Å²) in [6.45, 7) is 8.61. The van der Waals surface area contributed by atoms with Crippen molar-refractivity contribution in [2.75, 3.05) is 0 Å². The number of aromatic nitrogens is 4. The van der Waals surface area contributed by atoms with Crippen LogP contribution in [0.1, 0.15) is 32.0 Å². The normalized spacial score (nSPS) is 12.2. The molecule has 1 aromatic carbocycles. The Morgan fingerprint density at radius 2 is 1.74 bits per heavy atom. The molecule has 0 saturated carbocycles. The van der Waals surface area contributed by atoms with Crippen LogP contribution >= 0.6 is 0 Å². The number of hydrogen-bond acceptors (Lipinski definition) is 2. The van der Waals surface area contributed by atoms with Crippen molar-refractivity contribution in [2.24, 2.45) is 0 Å². The van der Waals surface area contributed by atoms with Crippen molar-refractivity contribution in [3.8, 4) is 11.4 Å². The maximum Gasteiger partial charge on any atom is 0.183 e. The Balaban J connectivity index is 2.14. The van der Waals surface area contributed by atoms with E-state index in [2.05, 4.69) is 73.3 Å². The first-order chi connectivity index (χ1) is 8.95. The van der Waals surface area contributed by atoms with Crippen molar-refractivity contribution >= 4 is 5.65 Å². The second-order valence-corrected chi connectivity index (χ2v) is 6.00. The molecule has 0 spiro atoms. The highest BCUT2D eigenvalue weighted by Gasteiger charge is 2.19. The van der Waals surface area contributed by atoms with E-state index in [1.165, 1.54) is 5.56 Å². The van der Waals surface area contributed by atoms with Gasteiger partial charge in [0.2, 0.25) is 0 Å². The zero-order valence-electron chi connectivity index (χ0n) is 11.7. The van der Waals surface area contributed by atoms with Gasteiger partial charge in [0.15, 0.2) is 11.5 Å². The zero-order valence-corrected chi connectivity index (χ0v) is 11.7. The highest BCUT2D eigenvalue weighted by atomic mass is 15.4.